The van der Waals surface area contributed by atoms with Crippen LogP contribution in [0.4, 0.5) is 5.69 Å². The SMILES string of the molecule is CCCN(CC(=O)Nc1ccccc1C)CC(=O)N(C)C1(C#N)CCCCC1. The molecule has 0 heterocycles. The molecule has 0 unspecified atom stereocenters. The molecule has 1 aromatic rings. The van der Waals surface area contributed by atoms with Gasteiger partial charge in [-0.1, -0.05) is 44.4 Å². The fourth-order valence-corrected chi connectivity index (χ4v) is 3.83. The Labute approximate surface area is 168 Å². The summed E-state index contributed by atoms with van der Waals surface area (Å²) in [5, 5.41) is 12.6. The van der Waals surface area contributed by atoms with Gasteiger partial charge in [0.05, 0.1) is 19.2 Å². The highest BCUT2D eigenvalue weighted by atomic mass is 16.2. The first-order chi connectivity index (χ1) is 13.4. The average molecular weight is 385 g/mol. The van der Waals surface area contributed by atoms with E-state index >= 15 is 0 Å². The Kier molecular flexibility index (Phi) is 8.01. The number of amides is 2. The number of nitrogens with one attached hydrogen (secondary N) is 1. The molecule has 1 aliphatic rings. The summed E-state index contributed by atoms with van der Waals surface area (Å²) < 4.78 is 0. The molecule has 0 radical (unpaired) electrons. The van der Waals surface area contributed by atoms with E-state index in [9.17, 15) is 14.9 Å². The van der Waals surface area contributed by atoms with Crippen molar-refractivity contribution in [2.24, 2.45) is 0 Å². The minimum absolute atomic E-state index is 0.0967. The number of aryl methyl sites for hydroxylation is 1. The van der Waals surface area contributed by atoms with Gasteiger partial charge in [0.1, 0.15) is 5.54 Å². The molecule has 0 spiro atoms. The Morgan fingerprint density at radius 2 is 1.86 bits per heavy atom. The molecule has 1 aliphatic carbocycles. The highest BCUT2D eigenvalue weighted by molar-refractivity contribution is 5.93. The zero-order valence-corrected chi connectivity index (χ0v) is 17.3. The predicted octanol–water partition coefficient (Wildman–Crippen LogP) is 3.33. The quantitative estimate of drug-likeness (QED) is 0.746. The van der Waals surface area contributed by atoms with Crippen LogP contribution in [0.1, 0.15) is 51.0 Å². The van der Waals surface area contributed by atoms with Crippen molar-refractivity contribution in [1.29, 1.82) is 5.26 Å². The van der Waals surface area contributed by atoms with E-state index < -0.39 is 5.54 Å². The summed E-state index contributed by atoms with van der Waals surface area (Å²) in [6, 6.07) is 10.0. The fraction of sp³-hybridized carbons (Fsp3) is 0.591. The summed E-state index contributed by atoms with van der Waals surface area (Å²) >= 11 is 0. The number of para-hydroxylation sites is 1. The molecule has 28 heavy (non-hydrogen) atoms. The number of rotatable bonds is 8. The third kappa shape index (κ3) is 5.56. The molecule has 0 aliphatic heterocycles. The first-order valence-corrected chi connectivity index (χ1v) is 10.2. The Hall–Kier alpha value is -2.39. The van der Waals surface area contributed by atoms with E-state index in [0.717, 1.165) is 49.8 Å². The minimum atomic E-state index is -0.698. The maximum absolute atomic E-state index is 12.9. The van der Waals surface area contributed by atoms with Crippen LogP contribution in [-0.4, -0.2) is 53.8 Å². The van der Waals surface area contributed by atoms with Gasteiger partial charge in [0, 0.05) is 12.7 Å². The van der Waals surface area contributed by atoms with Gasteiger partial charge in [-0.2, -0.15) is 5.26 Å². The first-order valence-electron chi connectivity index (χ1n) is 10.2. The van der Waals surface area contributed by atoms with Crippen LogP contribution in [0.15, 0.2) is 24.3 Å². The van der Waals surface area contributed by atoms with Crippen molar-refractivity contribution in [2.45, 2.75) is 57.9 Å². The highest BCUT2D eigenvalue weighted by Crippen LogP contribution is 2.32. The van der Waals surface area contributed by atoms with Crippen LogP contribution in [0.2, 0.25) is 0 Å². The zero-order valence-electron chi connectivity index (χ0n) is 17.3. The van der Waals surface area contributed by atoms with Crippen molar-refractivity contribution in [3.05, 3.63) is 29.8 Å². The van der Waals surface area contributed by atoms with E-state index in [4.69, 9.17) is 0 Å². The largest absolute Gasteiger partial charge is 0.326 e. The van der Waals surface area contributed by atoms with Crippen molar-refractivity contribution in [3.8, 4) is 6.07 Å². The van der Waals surface area contributed by atoms with Gasteiger partial charge in [0.15, 0.2) is 0 Å². The van der Waals surface area contributed by atoms with Gasteiger partial charge in [0.2, 0.25) is 11.8 Å². The van der Waals surface area contributed by atoms with E-state index in [1.165, 1.54) is 0 Å². The molecule has 6 nitrogen and oxygen atoms in total. The molecule has 0 atom stereocenters. The zero-order chi connectivity index (χ0) is 20.6. The standard InChI is InChI=1S/C22H32N4O2/c1-4-14-26(15-20(27)24-19-11-7-6-10-18(19)2)16-21(28)25(3)22(17-23)12-8-5-9-13-22/h6-7,10-11H,4-5,8-9,12-16H2,1-3H3,(H,24,27). The number of nitriles is 1. The second-order valence-electron chi connectivity index (χ2n) is 7.73. The molecule has 1 saturated carbocycles. The van der Waals surface area contributed by atoms with Crippen LogP contribution in [-0.2, 0) is 9.59 Å². The van der Waals surface area contributed by atoms with Crippen molar-refractivity contribution >= 4 is 17.5 Å². The Morgan fingerprint density at radius 1 is 1.18 bits per heavy atom. The van der Waals surface area contributed by atoms with Gasteiger partial charge >= 0.3 is 0 Å². The van der Waals surface area contributed by atoms with Gasteiger partial charge in [-0.05, 0) is 44.4 Å². The maximum atomic E-state index is 12.9. The van der Waals surface area contributed by atoms with Crippen LogP contribution in [0.5, 0.6) is 0 Å². The minimum Gasteiger partial charge on any atom is -0.326 e. The normalized spacial score (nSPS) is 15.7. The highest BCUT2D eigenvalue weighted by Gasteiger charge is 2.39. The van der Waals surface area contributed by atoms with Crippen LogP contribution in [0, 0.1) is 18.3 Å². The number of hydrogen-bond donors (Lipinski definition) is 1. The summed E-state index contributed by atoms with van der Waals surface area (Å²) in [5.74, 6) is -0.230. The lowest BCUT2D eigenvalue weighted by Crippen LogP contribution is -2.53. The number of benzene rings is 1. The van der Waals surface area contributed by atoms with Gasteiger partial charge in [-0.3, -0.25) is 14.5 Å². The summed E-state index contributed by atoms with van der Waals surface area (Å²) in [5.41, 5.74) is 1.09. The molecule has 0 saturated heterocycles. The number of carbonyl (C=O) groups is 2. The van der Waals surface area contributed by atoms with E-state index in [1.807, 2.05) is 43.0 Å². The Bertz CT molecular complexity index is 719. The lowest BCUT2D eigenvalue weighted by molar-refractivity contribution is -0.136. The van der Waals surface area contributed by atoms with Crippen molar-refractivity contribution in [2.75, 3.05) is 32.0 Å². The van der Waals surface area contributed by atoms with E-state index in [1.54, 1.807) is 11.9 Å². The molecule has 2 rings (SSSR count). The predicted molar refractivity (Wildman–Crippen MR) is 111 cm³/mol. The second-order valence-corrected chi connectivity index (χ2v) is 7.73. The number of carbonyl (C=O) groups excluding carboxylic acids is 2. The van der Waals surface area contributed by atoms with Gasteiger partial charge in [0.25, 0.3) is 0 Å². The summed E-state index contributed by atoms with van der Waals surface area (Å²) in [4.78, 5) is 28.9. The summed E-state index contributed by atoms with van der Waals surface area (Å²) in [6.07, 6.45) is 5.37. The Balaban J connectivity index is 1.99. The van der Waals surface area contributed by atoms with E-state index in [2.05, 4.69) is 11.4 Å². The molecular formula is C22H32N4O2. The van der Waals surface area contributed by atoms with Crippen molar-refractivity contribution in [1.82, 2.24) is 9.80 Å². The number of anilines is 1. The maximum Gasteiger partial charge on any atom is 0.238 e. The second kappa shape index (κ2) is 10.2. The molecule has 1 N–H and O–H groups in total. The van der Waals surface area contributed by atoms with Crippen molar-refractivity contribution < 1.29 is 9.59 Å². The molecule has 0 bridgehead atoms. The third-order valence-electron chi connectivity index (χ3n) is 5.59. The number of nitrogens with zero attached hydrogens (tertiary/aromatic N) is 3. The van der Waals surface area contributed by atoms with Crippen LogP contribution in [0.25, 0.3) is 0 Å². The fourth-order valence-electron chi connectivity index (χ4n) is 3.83. The van der Waals surface area contributed by atoms with Crippen LogP contribution in [0.3, 0.4) is 0 Å². The van der Waals surface area contributed by atoms with Crippen molar-refractivity contribution in [3.63, 3.8) is 0 Å². The van der Waals surface area contributed by atoms with Gasteiger partial charge in [-0.25, -0.2) is 0 Å². The average Bonchev–Trinajstić information content (AvgIpc) is 2.69. The smallest absolute Gasteiger partial charge is 0.238 e. The monoisotopic (exact) mass is 384 g/mol. The Morgan fingerprint density at radius 3 is 2.46 bits per heavy atom. The van der Waals surface area contributed by atoms with Crippen LogP contribution < -0.4 is 5.32 Å². The molecule has 1 aromatic carbocycles. The third-order valence-corrected chi connectivity index (χ3v) is 5.59. The number of hydrogen-bond acceptors (Lipinski definition) is 4. The summed E-state index contributed by atoms with van der Waals surface area (Å²) in [6.45, 7) is 4.93. The van der Waals surface area contributed by atoms with E-state index in [0.29, 0.717) is 6.54 Å². The number of likely N-dealkylation sites (N-methyl/N-ethyl adjacent to an activating group) is 1. The molecule has 152 valence electrons. The lowest BCUT2D eigenvalue weighted by Gasteiger charge is -2.39. The van der Waals surface area contributed by atoms with Crippen LogP contribution >= 0.6 is 0 Å². The summed E-state index contributed by atoms with van der Waals surface area (Å²) in [7, 11) is 1.73. The van der Waals surface area contributed by atoms with Gasteiger partial charge in [-0.15, -0.1) is 0 Å². The molecule has 1 fully saturated rings. The molecular weight excluding hydrogens is 352 g/mol. The molecule has 6 heteroatoms. The topological polar surface area (TPSA) is 76.4 Å². The van der Waals surface area contributed by atoms with E-state index in [-0.39, 0.29) is 24.9 Å². The molecule has 0 aromatic heterocycles. The van der Waals surface area contributed by atoms with Gasteiger partial charge < -0.3 is 10.2 Å². The lowest BCUT2D eigenvalue weighted by atomic mass is 9.81. The molecule has 2 amide bonds. The first kappa shape index (κ1) is 21.9.